The molecule has 0 saturated carbocycles. The van der Waals surface area contributed by atoms with E-state index < -0.39 is 22.8 Å². The van der Waals surface area contributed by atoms with E-state index in [4.69, 9.17) is 0 Å². The highest BCUT2D eigenvalue weighted by molar-refractivity contribution is 7.83. The quantitative estimate of drug-likeness (QED) is 0.813. The van der Waals surface area contributed by atoms with Gasteiger partial charge < -0.3 is 0 Å². The maximum absolute atomic E-state index is 12.3. The van der Waals surface area contributed by atoms with E-state index in [1.807, 2.05) is 30.3 Å². The summed E-state index contributed by atoms with van der Waals surface area (Å²) >= 11 is 0. The van der Waals surface area contributed by atoms with Crippen LogP contribution in [-0.2, 0) is 17.4 Å². The van der Waals surface area contributed by atoms with Crippen LogP contribution in [0.5, 0.6) is 0 Å². The average Bonchev–Trinajstić information content (AvgIpc) is 2.78. The molecule has 2 aromatic rings. The van der Waals surface area contributed by atoms with Crippen molar-refractivity contribution in [3.05, 3.63) is 71.3 Å². The number of aryl methyl sites for hydroxylation is 1. The molecular formula is C16H13NO3S. The summed E-state index contributed by atoms with van der Waals surface area (Å²) in [6.07, 6.45) is 0.556. The fourth-order valence-corrected chi connectivity index (χ4v) is 3.45. The Bertz CT molecular complexity index is 692. The highest BCUT2D eigenvalue weighted by Crippen LogP contribution is 2.24. The lowest BCUT2D eigenvalue weighted by atomic mass is 10.1. The Morgan fingerprint density at radius 1 is 0.810 bits per heavy atom. The molecule has 0 spiro atoms. The zero-order valence-corrected chi connectivity index (χ0v) is 12.0. The number of hydrogen-bond donors (Lipinski definition) is 0. The molecule has 5 heteroatoms. The molecule has 0 aliphatic carbocycles. The Morgan fingerprint density at radius 3 is 1.90 bits per heavy atom. The largest absolute Gasteiger partial charge is 0.273 e. The fraction of sp³-hybridized carbons (Fsp3) is 0.125. The number of nitrogens with zero attached hydrogens (tertiary/aromatic N) is 1. The first-order valence-corrected chi connectivity index (χ1v) is 7.86. The summed E-state index contributed by atoms with van der Waals surface area (Å²) in [7, 11) is -1.65. The Balaban J connectivity index is 1.75. The minimum Gasteiger partial charge on any atom is -0.268 e. The Labute approximate surface area is 125 Å². The molecule has 1 aliphatic heterocycles. The topological polar surface area (TPSA) is 54.5 Å². The predicted octanol–water partition coefficient (Wildman–Crippen LogP) is 2.19. The van der Waals surface area contributed by atoms with Gasteiger partial charge in [0, 0.05) is 5.75 Å². The Morgan fingerprint density at radius 2 is 1.33 bits per heavy atom. The van der Waals surface area contributed by atoms with Gasteiger partial charge in [-0.25, -0.2) is 4.21 Å². The van der Waals surface area contributed by atoms with Gasteiger partial charge in [-0.3, -0.25) is 9.59 Å². The number of rotatable bonds is 4. The number of carbonyl (C=O) groups excluding carboxylic acids is 2. The van der Waals surface area contributed by atoms with Gasteiger partial charge in [-0.2, -0.15) is 4.31 Å². The zero-order valence-electron chi connectivity index (χ0n) is 11.2. The summed E-state index contributed by atoms with van der Waals surface area (Å²) in [5, 5.41) is 0. The number of fused-ring (bicyclic) bond motifs is 1. The first-order valence-electron chi connectivity index (χ1n) is 6.58. The first kappa shape index (κ1) is 13.7. The van der Waals surface area contributed by atoms with Crippen molar-refractivity contribution in [3.8, 4) is 0 Å². The molecule has 1 heterocycles. The third-order valence-corrected chi connectivity index (χ3v) is 4.66. The summed E-state index contributed by atoms with van der Waals surface area (Å²) in [5.41, 5.74) is 1.69. The van der Waals surface area contributed by atoms with E-state index in [0.717, 1.165) is 9.87 Å². The van der Waals surface area contributed by atoms with E-state index in [2.05, 4.69) is 0 Å². The normalized spacial score (nSPS) is 15.1. The lowest BCUT2D eigenvalue weighted by Crippen LogP contribution is -2.33. The minimum atomic E-state index is -1.65. The number of benzene rings is 2. The van der Waals surface area contributed by atoms with Gasteiger partial charge in [0.2, 0.25) is 0 Å². The van der Waals surface area contributed by atoms with Crippen LogP contribution in [0.2, 0.25) is 0 Å². The van der Waals surface area contributed by atoms with Gasteiger partial charge in [0.05, 0.1) is 11.1 Å². The minimum absolute atomic E-state index is 0.246. The second-order valence-corrected chi connectivity index (χ2v) is 6.13. The van der Waals surface area contributed by atoms with Crippen LogP contribution in [0.25, 0.3) is 0 Å². The zero-order chi connectivity index (χ0) is 14.8. The van der Waals surface area contributed by atoms with Gasteiger partial charge in [0.25, 0.3) is 11.8 Å². The summed E-state index contributed by atoms with van der Waals surface area (Å²) in [6.45, 7) is 0. The molecule has 0 fully saturated rings. The number of imide groups is 1. The van der Waals surface area contributed by atoms with Gasteiger partial charge >= 0.3 is 0 Å². The summed E-state index contributed by atoms with van der Waals surface area (Å²) < 4.78 is 13.2. The summed E-state index contributed by atoms with van der Waals surface area (Å²) in [4.78, 5) is 24.3. The van der Waals surface area contributed by atoms with Crippen molar-refractivity contribution in [1.29, 1.82) is 0 Å². The number of hydrogen-bond acceptors (Lipinski definition) is 3. The molecule has 21 heavy (non-hydrogen) atoms. The van der Waals surface area contributed by atoms with Crippen LogP contribution in [0.15, 0.2) is 54.6 Å². The molecule has 106 valence electrons. The Kier molecular flexibility index (Phi) is 3.66. The molecule has 0 saturated heterocycles. The van der Waals surface area contributed by atoms with Crippen LogP contribution < -0.4 is 0 Å². The lowest BCUT2D eigenvalue weighted by molar-refractivity contribution is 0.0771. The van der Waals surface area contributed by atoms with Crippen molar-refractivity contribution in [3.63, 3.8) is 0 Å². The third kappa shape index (κ3) is 2.52. The van der Waals surface area contributed by atoms with Crippen LogP contribution in [0.4, 0.5) is 0 Å². The summed E-state index contributed by atoms with van der Waals surface area (Å²) in [6, 6.07) is 16.1. The van der Waals surface area contributed by atoms with Crippen LogP contribution in [0.3, 0.4) is 0 Å². The van der Waals surface area contributed by atoms with E-state index in [1.54, 1.807) is 24.3 Å². The molecule has 4 nitrogen and oxygen atoms in total. The monoisotopic (exact) mass is 299 g/mol. The standard InChI is InChI=1S/C16H13NO3S/c18-15-13-8-4-5-9-14(13)16(19)17(15)21(20)11-10-12-6-2-1-3-7-12/h1-9H,10-11H2. The highest BCUT2D eigenvalue weighted by atomic mass is 32.2. The van der Waals surface area contributed by atoms with Crippen molar-refractivity contribution in [2.24, 2.45) is 0 Å². The maximum atomic E-state index is 12.3. The molecular weight excluding hydrogens is 286 g/mol. The number of amides is 2. The van der Waals surface area contributed by atoms with E-state index in [9.17, 15) is 13.8 Å². The van der Waals surface area contributed by atoms with Crippen LogP contribution in [0.1, 0.15) is 26.3 Å². The Hall–Kier alpha value is -2.27. The molecule has 0 radical (unpaired) electrons. The summed E-state index contributed by atoms with van der Waals surface area (Å²) in [5.74, 6) is -0.695. The molecule has 1 atom stereocenters. The van der Waals surface area contributed by atoms with Gasteiger partial charge in [-0.15, -0.1) is 0 Å². The van der Waals surface area contributed by atoms with Crippen molar-refractivity contribution in [2.75, 3.05) is 5.75 Å². The molecule has 0 aromatic heterocycles. The second-order valence-electron chi connectivity index (χ2n) is 4.71. The van der Waals surface area contributed by atoms with E-state index in [-0.39, 0.29) is 5.75 Å². The van der Waals surface area contributed by atoms with Crippen molar-refractivity contribution in [1.82, 2.24) is 4.31 Å². The van der Waals surface area contributed by atoms with Gasteiger partial charge in [-0.05, 0) is 24.1 Å². The lowest BCUT2D eigenvalue weighted by Gasteiger charge is -2.12. The third-order valence-electron chi connectivity index (χ3n) is 3.37. The van der Waals surface area contributed by atoms with E-state index in [1.165, 1.54) is 0 Å². The van der Waals surface area contributed by atoms with Gasteiger partial charge in [0.15, 0.2) is 0 Å². The molecule has 2 amide bonds. The molecule has 2 aromatic carbocycles. The average molecular weight is 299 g/mol. The van der Waals surface area contributed by atoms with Crippen molar-refractivity contribution in [2.45, 2.75) is 6.42 Å². The molecule has 0 N–H and O–H groups in total. The first-order chi connectivity index (χ1) is 10.2. The van der Waals surface area contributed by atoms with Crippen molar-refractivity contribution < 1.29 is 13.8 Å². The molecule has 0 bridgehead atoms. The van der Waals surface area contributed by atoms with E-state index in [0.29, 0.717) is 17.5 Å². The smallest absolute Gasteiger partial charge is 0.268 e. The SMILES string of the molecule is O=C1c2ccccc2C(=O)N1S(=O)CCc1ccccc1. The highest BCUT2D eigenvalue weighted by Gasteiger charge is 2.38. The van der Waals surface area contributed by atoms with Gasteiger partial charge in [0.1, 0.15) is 11.0 Å². The van der Waals surface area contributed by atoms with Crippen LogP contribution in [-0.4, -0.2) is 26.1 Å². The number of carbonyl (C=O) groups is 2. The van der Waals surface area contributed by atoms with E-state index >= 15 is 0 Å². The predicted molar refractivity (Wildman–Crippen MR) is 80.1 cm³/mol. The fourth-order valence-electron chi connectivity index (χ4n) is 2.29. The van der Waals surface area contributed by atoms with Crippen LogP contribution >= 0.6 is 0 Å². The molecule has 3 rings (SSSR count). The second kappa shape index (κ2) is 5.61. The van der Waals surface area contributed by atoms with Crippen molar-refractivity contribution >= 4 is 22.8 Å². The molecule has 1 unspecified atom stereocenters. The van der Waals surface area contributed by atoms with Gasteiger partial charge in [-0.1, -0.05) is 42.5 Å². The molecule has 1 aliphatic rings. The van der Waals surface area contributed by atoms with Crippen LogP contribution in [0, 0.1) is 0 Å². The maximum Gasteiger partial charge on any atom is 0.273 e.